The van der Waals surface area contributed by atoms with Gasteiger partial charge in [0, 0.05) is 22.8 Å². The van der Waals surface area contributed by atoms with E-state index in [-0.39, 0.29) is 5.91 Å². The van der Waals surface area contributed by atoms with Crippen molar-refractivity contribution in [2.45, 2.75) is 13.8 Å². The Morgan fingerprint density at radius 3 is 2.95 bits per heavy atom. The molecule has 116 valence electrons. The molecule has 0 unspecified atom stereocenters. The molecule has 0 bridgehead atoms. The van der Waals surface area contributed by atoms with E-state index >= 15 is 0 Å². The first kappa shape index (κ1) is 16.5. The SMILES string of the molecule is CC(C)COc1ccc(NC(=O)/C=C/c2cncs2)cc1Cl. The van der Waals surface area contributed by atoms with Crippen molar-refractivity contribution in [3.05, 3.63) is 45.9 Å². The number of rotatable bonds is 6. The number of benzene rings is 1. The predicted molar refractivity (Wildman–Crippen MR) is 91.6 cm³/mol. The maximum Gasteiger partial charge on any atom is 0.248 e. The molecule has 1 aromatic carbocycles. The fraction of sp³-hybridized carbons (Fsp3) is 0.250. The number of hydrogen-bond donors (Lipinski definition) is 1. The second-order valence-electron chi connectivity index (χ2n) is 5.08. The Morgan fingerprint density at radius 1 is 1.50 bits per heavy atom. The van der Waals surface area contributed by atoms with Gasteiger partial charge in [-0.3, -0.25) is 9.78 Å². The largest absolute Gasteiger partial charge is 0.492 e. The van der Waals surface area contributed by atoms with Gasteiger partial charge < -0.3 is 10.1 Å². The van der Waals surface area contributed by atoms with Crippen LogP contribution in [-0.4, -0.2) is 17.5 Å². The molecule has 0 aliphatic heterocycles. The van der Waals surface area contributed by atoms with Crippen LogP contribution in [0.3, 0.4) is 0 Å². The van der Waals surface area contributed by atoms with E-state index < -0.39 is 0 Å². The zero-order valence-electron chi connectivity index (χ0n) is 12.4. The van der Waals surface area contributed by atoms with Crippen molar-refractivity contribution in [3.63, 3.8) is 0 Å². The summed E-state index contributed by atoms with van der Waals surface area (Å²) < 4.78 is 5.59. The van der Waals surface area contributed by atoms with Crippen molar-refractivity contribution in [2.24, 2.45) is 5.92 Å². The minimum atomic E-state index is -0.222. The van der Waals surface area contributed by atoms with E-state index in [1.54, 1.807) is 36.0 Å². The van der Waals surface area contributed by atoms with Gasteiger partial charge in [-0.15, -0.1) is 11.3 Å². The van der Waals surface area contributed by atoms with Crippen LogP contribution < -0.4 is 10.1 Å². The molecule has 0 saturated heterocycles. The molecule has 6 heteroatoms. The van der Waals surface area contributed by atoms with Gasteiger partial charge >= 0.3 is 0 Å². The molecule has 4 nitrogen and oxygen atoms in total. The number of nitrogens with one attached hydrogen (secondary N) is 1. The first-order valence-corrected chi connectivity index (χ1v) is 8.10. The second kappa shape index (κ2) is 7.96. The van der Waals surface area contributed by atoms with Gasteiger partial charge in [-0.05, 0) is 30.2 Å². The van der Waals surface area contributed by atoms with Crippen LogP contribution in [0.1, 0.15) is 18.7 Å². The molecule has 0 radical (unpaired) electrons. The third-order valence-corrected chi connectivity index (χ3v) is 3.66. The summed E-state index contributed by atoms with van der Waals surface area (Å²) in [6.07, 6.45) is 4.88. The summed E-state index contributed by atoms with van der Waals surface area (Å²) in [6, 6.07) is 5.20. The lowest BCUT2D eigenvalue weighted by Gasteiger charge is -2.11. The van der Waals surface area contributed by atoms with E-state index in [0.717, 1.165) is 4.88 Å². The number of hydrogen-bond acceptors (Lipinski definition) is 4. The van der Waals surface area contributed by atoms with Gasteiger partial charge in [-0.1, -0.05) is 25.4 Å². The monoisotopic (exact) mass is 336 g/mol. The lowest BCUT2D eigenvalue weighted by molar-refractivity contribution is -0.111. The minimum Gasteiger partial charge on any atom is -0.492 e. The summed E-state index contributed by atoms with van der Waals surface area (Å²) in [6.45, 7) is 4.74. The van der Waals surface area contributed by atoms with Crippen LogP contribution in [0.15, 0.2) is 36.0 Å². The van der Waals surface area contributed by atoms with Gasteiger partial charge in [0.05, 0.1) is 17.1 Å². The minimum absolute atomic E-state index is 0.222. The van der Waals surface area contributed by atoms with Crippen LogP contribution in [-0.2, 0) is 4.79 Å². The zero-order chi connectivity index (χ0) is 15.9. The Balaban J connectivity index is 1.95. The number of carbonyl (C=O) groups is 1. The number of nitrogens with zero attached hydrogens (tertiary/aromatic N) is 1. The molecular formula is C16H17ClN2O2S. The highest BCUT2D eigenvalue weighted by Gasteiger charge is 2.06. The van der Waals surface area contributed by atoms with E-state index in [2.05, 4.69) is 24.1 Å². The molecule has 0 spiro atoms. The highest BCUT2D eigenvalue weighted by atomic mass is 35.5. The molecule has 0 aliphatic rings. The van der Waals surface area contributed by atoms with Gasteiger partial charge in [0.25, 0.3) is 0 Å². The molecule has 2 aromatic rings. The highest BCUT2D eigenvalue weighted by molar-refractivity contribution is 7.10. The van der Waals surface area contributed by atoms with Crippen LogP contribution in [0.2, 0.25) is 5.02 Å². The molecule has 1 heterocycles. The summed E-state index contributed by atoms with van der Waals surface area (Å²) in [7, 11) is 0. The Labute approximate surface area is 138 Å². The lowest BCUT2D eigenvalue weighted by Crippen LogP contribution is -2.08. The van der Waals surface area contributed by atoms with Gasteiger partial charge in [-0.2, -0.15) is 0 Å². The molecule has 1 amide bonds. The molecule has 0 saturated carbocycles. The van der Waals surface area contributed by atoms with Gasteiger partial charge in [0.15, 0.2) is 0 Å². The van der Waals surface area contributed by atoms with Crippen LogP contribution in [0.4, 0.5) is 5.69 Å². The Hall–Kier alpha value is -1.85. The van der Waals surface area contributed by atoms with Crippen molar-refractivity contribution in [2.75, 3.05) is 11.9 Å². The van der Waals surface area contributed by atoms with Gasteiger partial charge in [-0.25, -0.2) is 0 Å². The van der Waals surface area contributed by atoms with Gasteiger partial charge in [0.1, 0.15) is 5.75 Å². The number of aromatic nitrogens is 1. The smallest absolute Gasteiger partial charge is 0.248 e. The Morgan fingerprint density at radius 2 is 2.32 bits per heavy atom. The molecule has 0 atom stereocenters. The third-order valence-electron chi connectivity index (χ3n) is 2.62. The van der Waals surface area contributed by atoms with E-state index in [9.17, 15) is 4.79 Å². The van der Waals surface area contributed by atoms with E-state index in [4.69, 9.17) is 16.3 Å². The molecule has 1 N–H and O–H groups in total. The van der Waals surface area contributed by atoms with Crippen molar-refractivity contribution in [1.29, 1.82) is 0 Å². The van der Waals surface area contributed by atoms with Crippen molar-refractivity contribution < 1.29 is 9.53 Å². The van der Waals surface area contributed by atoms with Crippen LogP contribution in [0.5, 0.6) is 5.75 Å². The quantitative estimate of drug-likeness (QED) is 0.791. The third kappa shape index (κ3) is 5.16. The van der Waals surface area contributed by atoms with Crippen LogP contribution in [0.25, 0.3) is 6.08 Å². The average Bonchev–Trinajstić information content (AvgIpc) is 2.97. The fourth-order valence-electron chi connectivity index (χ4n) is 1.60. The number of anilines is 1. The first-order valence-electron chi connectivity index (χ1n) is 6.84. The van der Waals surface area contributed by atoms with E-state index in [1.165, 1.54) is 17.4 Å². The first-order chi connectivity index (χ1) is 10.5. The molecular weight excluding hydrogens is 320 g/mol. The predicted octanol–water partition coefficient (Wildman–Crippen LogP) is 4.48. The van der Waals surface area contributed by atoms with E-state index in [1.807, 2.05) is 0 Å². The molecule has 0 fully saturated rings. The normalized spacial score (nSPS) is 11.1. The fourth-order valence-corrected chi connectivity index (χ4v) is 2.35. The standard InChI is InChI=1S/C16H17ClN2O2S/c1-11(2)9-21-15-5-3-12(7-14(15)17)19-16(20)6-4-13-8-18-10-22-13/h3-8,10-11H,9H2,1-2H3,(H,19,20)/b6-4+. The van der Waals surface area contributed by atoms with Crippen molar-refractivity contribution in [3.8, 4) is 5.75 Å². The molecule has 0 aliphatic carbocycles. The molecule has 2 rings (SSSR count). The zero-order valence-corrected chi connectivity index (χ0v) is 13.9. The summed E-state index contributed by atoms with van der Waals surface area (Å²) in [5.74, 6) is 0.821. The topological polar surface area (TPSA) is 51.2 Å². The summed E-state index contributed by atoms with van der Waals surface area (Å²) in [5.41, 5.74) is 2.34. The Bertz CT molecular complexity index is 654. The number of ether oxygens (including phenoxy) is 1. The van der Waals surface area contributed by atoms with Crippen LogP contribution in [0, 0.1) is 5.92 Å². The Kier molecular flexibility index (Phi) is 5.98. The summed E-state index contributed by atoms with van der Waals surface area (Å²) >= 11 is 7.62. The van der Waals surface area contributed by atoms with Crippen LogP contribution >= 0.6 is 22.9 Å². The average molecular weight is 337 g/mol. The van der Waals surface area contributed by atoms with Crippen molar-refractivity contribution in [1.82, 2.24) is 4.98 Å². The van der Waals surface area contributed by atoms with Gasteiger partial charge in [0.2, 0.25) is 5.91 Å². The maximum atomic E-state index is 11.8. The lowest BCUT2D eigenvalue weighted by atomic mass is 10.2. The summed E-state index contributed by atoms with van der Waals surface area (Å²) in [4.78, 5) is 16.7. The number of halogens is 1. The number of carbonyl (C=O) groups excluding carboxylic acids is 1. The summed E-state index contributed by atoms with van der Waals surface area (Å²) in [5, 5.41) is 3.23. The molecule has 22 heavy (non-hydrogen) atoms. The second-order valence-corrected chi connectivity index (χ2v) is 6.40. The number of amides is 1. The van der Waals surface area contributed by atoms with E-state index in [0.29, 0.717) is 29.0 Å². The highest BCUT2D eigenvalue weighted by Crippen LogP contribution is 2.28. The number of thiazole rings is 1. The van der Waals surface area contributed by atoms with Crippen molar-refractivity contribution >= 4 is 40.6 Å². The molecule has 1 aromatic heterocycles. The maximum absolute atomic E-state index is 11.8.